The number of benzene rings is 1. The van der Waals surface area contributed by atoms with Gasteiger partial charge in [-0.15, -0.1) is 10.2 Å². The summed E-state index contributed by atoms with van der Waals surface area (Å²) in [6.07, 6.45) is 3.85. The molecule has 1 fully saturated rings. The van der Waals surface area contributed by atoms with Crippen LogP contribution in [-0.2, 0) is 13.2 Å². The predicted octanol–water partition coefficient (Wildman–Crippen LogP) is 2.76. The van der Waals surface area contributed by atoms with Crippen molar-refractivity contribution in [3.05, 3.63) is 35.1 Å². The molecular weight excluding hydrogens is 338 g/mol. The molecule has 4 rings (SSSR count). The van der Waals surface area contributed by atoms with Crippen LogP contribution in [0.4, 0.5) is 0 Å². The Hall–Kier alpha value is -2.19. The van der Waals surface area contributed by atoms with Crippen LogP contribution in [0.15, 0.2) is 24.3 Å². The Morgan fingerprint density at radius 1 is 1.08 bits per heavy atom. The van der Waals surface area contributed by atoms with Crippen LogP contribution in [0.2, 0.25) is 0 Å². The van der Waals surface area contributed by atoms with Crippen LogP contribution in [0.3, 0.4) is 0 Å². The maximum Gasteiger partial charge on any atom is 0.234 e. The van der Waals surface area contributed by atoms with Crippen LogP contribution in [-0.4, -0.2) is 44.9 Å². The SMILES string of the molecule is COc1ccccc1OCc1nn2c(CN3CCCCC3)nnc2s1. The van der Waals surface area contributed by atoms with Gasteiger partial charge in [0.2, 0.25) is 4.96 Å². The number of piperidine rings is 1. The molecule has 0 N–H and O–H groups in total. The molecule has 132 valence electrons. The number of rotatable bonds is 6. The van der Waals surface area contributed by atoms with Gasteiger partial charge >= 0.3 is 0 Å². The summed E-state index contributed by atoms with van der Waals surface area (Å²) < 4.78 is 13.0. The zero-order valence-electron chi connectivity index (χ0n) is 14.2. The summed E-state index contributed by atoms with van der Waals surface area (Å²) in [6.45, 7) is 3.45. The van der Waals surface area contributed by atoms with Crippen LogP contribution >= 0.6 is 11.3 Å². The highest BCUT2D eigenvalue weighted by Crippen LogP contribution is 2.27. The Labute approximate surface area is 150 Å². The Balaban J connectivity index is 1.46. The van der Waals surface area contributed by atoms with E-state index < -0.39 is 0 Å². The molecule has 25 heavy (non-hydrogen) atoms. The Kier molecular flexibility index (Phi) is 4.80. The first-order valence-electron chi connectivity index (χ1n) is 8.51. The maximum absolute atomic E-state index is 5.85. The van der Waals surface area contributed by atoms with Crippen molar-refractivity contribution in [3.63, 3.8) is 0 Å². The number of nitrogens with zero attached hydrogens (tertiary/aromatic N) is 5. The second-order valence-corrected chi connectivity index (χ2v) is 7.12. The lowest BCUT2D eigenvalue weighted by Gasteiger charge is -2.25. The van der Waals surface area contributed by atoms with Gasteiger partial charge in [-0.05, 0) is 38.1 Å². The average molecular weight is 359 g/mol. The van der Waals surface area contributed by atoms with Gasteiger partial charge in [-0.1, -0.05) is 29.9 Å². The summed E-state index contributed by atoms with van der Waals surface area (Å²) in [6, 6.07) is 7.61. The molecule has 0 amide bonds. The quantitative estimate of drug-likeness (QED) is 0.674. The number of fused-ring (bicyclic) bond motifs is 1. The number of hydrogen-bond acceptors (Lipinski definition) is 7. The van der Waals surface area contributed by atoms with E-state index in [9.17, 15) is 0 Å². The standard InChI is InChI=1S/C17H21N5O2S/c1-23-13-7-3-4-8-14(13)24-12-16-20-22-15(18-19-17(22)25-16)11-21-9-5-2-6-10-21/h3-4,7-8H,2,5-6,9-12H2,1H3. The Morgan fingerprint density at radius 3 is 2.68 bits per heavy atom. The van der Waals surface area contributed by atoms with Crippen LogP contribution < -0.4 is 9.47 Å². The summed E-state index contributed by atoms with van der Waals surface area (Å²) in [4.78, 5) is 3.23. The van der Waals surface area contributed by atoms with E-state index in [2.05, 4.69) is 20.2 Å². The fraction of sp³-hybridized carbons (Fsp3) is 0.471. The molecule has 2 aromatic heterocycles. The van der Waals surface area contributed by atoms with E-state index in [1.807, 2.05) is 28.8 Å². The molecule has 1 aliphatic heterocycles. The molecule has 0 spiro atoms. The smallest absolute Gasteiger partial charge is 0.234 e. The minimum absolute atomic E-state index is 0.386. The van der Waals surface area contributed by atoms with Gasteiger partial charge in [0.15, 0.2) is 22.3 Å². The normalized spacial score (nSPS) is 15.6. The minimum Gasteiger partial charge on any atom is -0.493 e. The lowest BCUT2D eigenvalue weighted by Crippen LogP contribution is -2.30. The van der Waals surface area contributed by atoms with Gasteiger partial charge in [0.1, 0.15) is 6.61 Å². The molecule has 0 bridgehead atoms. The van der Waals surface area contributed by atoms with E-state index >= 15 is 0 Å². The third-order valence-electron chi connectivity index (χ3n) is 4.33. The molecule has 1 aliphatic rings. The molecule has 1 saturated heterocycles. The van der Waals surface area contributed by atoms with E-state index in [0.717, 1.165) is 41.2 Å². The summed E-state index contributed by atoms with van der Waals surface area (Å²) in [5.41, 5.74) is 0. The first-order valence-corrected chi connectivity index (χ1v) is 9.33. The van der Waals surface area contributed by atoms with E-state index in [0.29, 0.717) is 12.4 Å². The monoisotopic (exact) mass is 359 g/mol. The van der Waals surface area contributed by atoms with Crippen molar-refractivity contribution in [2.75, 3.05) is 20.2 Å². The second kappa shape index (κ2) is 7.37. The second-order valence-electron chi connectivity index (χ2n) is 6.08. The molecule has 3 heterocycles. The number of aromatic nitrogens is 4. The lowest BCUT2D eigenvalue weighted by atomic mass is 10.1. The summed E-state index contributed by atoms with van der Waals surface area (Å²) >= 11 is 1.51. The average Bonchev–Trinajstić information content (AvgIpc) is 3.22. The third kappa shape index (κ3) is 3.59. The van der Waals surface area contributed by atoms with E-state index in [4.69, 9.17) is 9.47 Å². The van der Waals surface area contributed by atoms with Crippen molar-refractivity contribution in [1.29, 1.82) is 0 Å². The van der Waals surface area contributed by atoms with Gasteiger partial charge in [0.05, 0.1) is 13.7 Å². The molecule has 0 atom stereocenters. The molecule has 0 unspecified atom stereocenters. The van der Waals surface area contributed by atoms with Crippen LogP contribution in [0.5, 0.6) is 11.5 Å². The van der Waals surface area contributed by atoms with E-state index in [1.54, 1.807) is 7.11 Å². The van der Waals surface area contributed by atoms with Crippen molar-refractivity contribution in [3.8, 4) is 11.5 Å². The number of likely N-dealkylation sites (tertiary alicyclic amines) is 1. The van der Waals surface area contributed by atoms with Crippen molar-refractivity contribution in [1.82, 2.24) is 24.7 Å². The first kappa shape index (κ1) is 16.3. The largest absolute Gasteiger partial charge is 0.493 e. The topological polar surface area (TPSA) is 64.8 Å². The molecule has 0 aliphatic carbocycles. The summed E-state index contributed by atoms with van der Waals surface area (Å²) in [7, 11) is 1.64. The highest BCUT2D eigenvalue weighted by molar-refractivity contribution is 7.16. The predicted molar refractivity (Wildman–Crippen MR) is 95.1 cm³/mol. The Bertz CT molecular complexity index is 841. The van der Waals surface area contributed by atoms with Gasteiger partial charge < -0.3 is 9.47 Å². The van der Waals surface area contributed by atoms with E-state index in [-0.39, 0.29) is 0 Å². The number of hydrogen-bond donors (Lipinski definition) is 0. The van der Waals surface area contributed by atoms with Crippen molar-refractivity contribution >= 4 is 16.3 Å². The molecule has 3 aromatic rings. The number of methoxy groups -OCH3 is 1. The van der Waals surface area contributed by atoms with Crippen LogP contribution in [0.25, 0.3) is 4.96 Å². The first-order chi connectivity index (χ1) is 12.3. The minimum atomic E-state index is 0.386. The zero-order chi connectivity index (χ0) is 17.1. The molecular formula is C17H21N5O2S. The van der Waals surface area contributed by atoms with Crippen LogP contribution in [0, 0.1) is 0 Å². The molecule has 8 heteroatoms. The van der Waals surface area contributed by atoms with Gasteiger partial charge in [0, 0.05) is 0 Å². The van der Waals surface area contributed by atoms with Crippen LogP contribution in [0.1, 0.15) is 30.1 Å². The van der Waals surface area contributed by atoms with E-state index in [1.165, 1.54) is 30.6 Å². The number of ether oxygens (including phenoxy) is 2. The molecule has 1 aromatic carbocycles. The molecule has 0 radical (unpaired) electrons. The van der Waals surface area contributed by atoms with Gasteiger partial charge in [-0.3, -0.25) is 4.90 Å². The van der Waals surface area contributed by atoms with Gasteiger partial charge in [0.25, 0.3) is 0 Å². The molecule has 7 nitrogen and oxygen atoms in total. The fourth-order valence-corrected chi connectivity index (χ4v) is 3.81. The van der Waals surface area contributed by atoms with Gasteiger partial charge in [-0.2, -0.15) is 9.61 Å². The summed E-state index contributed by atoms with van der Waals surface area (Å²) in [5, 5.41) is 14.0. The summed E-state index contributed by atoms with van der Waals surface area (Å²) in [5.74, 6) is 2.33. The Morgan fingerprint density at radius 2 is 1.88 bits per heavy atom. The number of para-hydroxylation sites is 2. The third-order valence-corrected chi connectivity index (χ3v) is 5.20. The van der Waals surface area contributed by atoms with Crippen molar-refractivity contribution in [2.45, 2.75) is 32.4 Å². The highest BCUT2D eigenvalue weighted by Gasteiger charge is 2.17. The van der Waals surface area contributed by atoms with Crippen molar-refractivity contribution < 1.29 is 9.47 Å². The molecule has 0 saturated carbocycles. The highest BCUT2D eigenvalue weighted by atomic mass is 32.1. The maximum atomic E-state index is 5.85. The zero-order valence-corrected chi connectivity index (χ0v) is 15.0. The van der Waals surface area contributed by atoms with Crippen molar-refractivity contribution in [2.24, 2.45) is 0 Å². The lowest BCUT2D eigenvalue weighted by molar-refractivity contribution is 0.214. The fourth-order valence-electron chi connectivity index (χ4n) is 3.05. The van der Waals surface area contributed by atoms with Gasteiger partial charge in [-0.25, -0.2) is 0 Å².